The first-order chi connectivity index (χ1) is 12.7. The molecule has 1 fully saturated rings. The Morgan fingerprint density at radius 2 is 2.19 bits per heavy atom. The molecule has 7 heteroatoms. The van der Waals surface area contributed by atoms with E-state index in [-0.39, 0.29) is 17.6 Å². The highest BCUT2D eigenvalue weighted by atomic mass is 32.1. The van der Waals surface area contributed by atoms with E-state index in [2.05, 4.69) is 10.3 Å². The molecule has 3 heterocycles. The number of carbonyl (C=O) groups excluding carboxylic acids is 2. The summed E-state index contributed by atoms with van der Waals surface area (Å²) in [4.78, 5) is 31.2. The fourth-order valence-corrected chi connectivity index (χ4v) is 4.13. The molecule has 2 amide bonds. The molecule has 4 rings (SSSR count). The van der Waals surface area contributed by atoms with E-state index in [0.29, 0.717) is 25.3 Å². The SMILES string of the molecule is CCC[C@H]1C(=O)NCCN1C(=O)c1ccc(-c2nc3ccccc3s2)o1. The lowest BCUT2D eigenvalue weighted by atomic mass is 10.1. The molecule has 0 unspecified atom stereocenters. The van der Waals surface area contributed by atoms with Gasteiger partial charge in [0.1, 0.15) is 6.04 Å². The van der Waals surface area contributed by atoms with Gasteiger partial charge in [-0.25, -0.2) is 4.98 Å². The van der Waals surface area contributed by atoms with Crippen molar-refractivity contribution in [3.8, 4) is 10.8 Å². The van der Waals surface area contributed by atoms with Crippen molar-refractivity contribution >= 4 is 33.4 Å². The van der Waals surface area contributed by atoms with Gasteiger partial charge in [-0.05, 0) is 30.7 Å². The van der Waals surface area contributed by atoms with Crippen LogP contribution in [0.5, 0.6) is 0 Å². The van der Waals surface area contributed by atoms with E-state index in [1.165, 1.54) is 11.3 Å². The fourth-order valence-electron chi connectivity index (χ4n) is 3.21. The van der Waals surface area contributed by atoms with E-state index >= 15 is 0 Å². The average molecular weight is 369 g/mol. The number of furan rings is 1. The lowest BCUT2D eigenvalue weighted by Gasteiger charge is -2.34. The van der Waals surface area contributed by atoms with Gasteiger partial charge in [0.15, 0.2) is 16.5 Å². The molecule has 0 spiro atoms. The molecule has 1 aromatic carbocycles. The van der Waals surface area contributed by atoms with Crippen LogP contribution in [0.4, 0.5) is 0 Å². The average Bonchev–Trinajstić information content (AvgIpc) is 3.29. The molecule has 3 aromatic rings. The van der Waals surface area contributed by atoms with Gasteiger partial charge in [-0.3, -0.25) is 9.59 Å². The number of nitrogens with zero attached hydrogens (tertiary/aromatic N) is 2. The fraction of sp³-hybridized carbons (Fsp3) is 0.316. The highest BCUT2D eigenvalue weighted by molar-refractivity contribution is 7.21. The Morgan fingerprint density at radius 3 is 3.00 bits per heavy atom. The van der Waals surface area contributed by atoms with E-state index < -0.39 is 6.04 Å². The van der Waals surface area contributed by atoms with E-state index in [0.717, 1.165) is 21.6 Å². The normalized spacial score (nSPS) is 17.5. The second-order valence-corrected chi connectivity index (χ2v) is 7.28. The van der Waals surface area contributed by atoms with Crippen LogP contribution in [0.15, 0.2) is 40.8 Å². The van der Waals surface area contributed by atoms with Gasteiger partial charge in [-0.15, -0.1) is 11.3 Å². The number of hydrogen-bond acceptors (Lipinski definition) is 5. The Bertz CT molecular complexity index is 929. The van der Waals surface area contributed by atoms with Gasteiger partial charge >= 0.3 is 0 Å². The minimum Gasteiger partial charge on any atom is -0.448 e. The number of nitrogens with one attached hydrogen (secondary N) is 1. The molecule has 1 saturated heterocycles. The van der Waals surface area contributed by atoms with Crippen molar-refractivity contribution in [3.05, 3.63) is 42.2 Å². The Morgan fingerprint density at radius 1 is 1.35 bits per heavy atom. The smallest absolute Gasteiger partial charge is 0.290 e. The quantitative estimate of drug-likeness (QED) is 0.766. The van der Waals surface area contributed by atoms with Crippen molar-refractivity contribution in [2.24, 2.45) is 0 Å². The van der Waals surface area contributed by atoms with Gasteiger partial charge in [0.25, 0.3) is 5.91 Å². The van der Waals surface area contributed by atoms with Crippen molar-refractivity contribution in [1.82, 2.24) is 15.2 Å². The zero-order chi connectivity index (χ0) is 18.1. The number of aromatic nitrogens is 1. The second-order valence-electron chi connectivity index (χ2n) is 6.24. The zero-order valence-corrected chi connectivity index (χ0v) is 15.2. The number of piperazine rings is 1. The van der Waals surface area contributed by atoms with Crippen LogP contribution in [-0.4, -0.2) is 40.8 Å². The van der Waals surface area contributed by atoms with Crippen molar-refractivity contribution in [3.63, 3.8) is 0 Å². The summed E-state index contributed by atoms with van der Waals surface area (Å²) in [5, 5.41) is 3.57. The van der Waals surface area contributed by atoms with Gasteiger partial charge in [0, 0.05) is 13.1 Å². The Kier molecular flexibility index (Phi) is 4.46. The highest BCUT2D eigenvalue weighted by Gasteiger charge is 2.34. The van der Waals surface area contributed by atoms with Gasteiger partial charge in [0.05, 0.1) is 10.2 Å². The summed E-state index contributed by atoms with van der Waals surface area (Å²) in [6, 6.07) is 10.9. The van der Waals surface area contributed by atoms with E-state index in [1.807, 2.05) is 31.2 Å². The molecule has 26 heavy (non-hydrogen) atoms. The van der Waals surface area contributed by atoms with Crippen LogP contribution in [0.25, 0.3) is 21.0 Å². The summed E-state index contributed by atoms with van der Waals surface area (Å²) >= 11 is 1.53. The van der Waals surface area contributed by atoms with Crippen molar-refractivity contribution in [2.45, 2.75) is 25.8 Å². The van der Waals surface area contributed by atoms with Crippen molar-refractivity contribution < 1.29 is 14.0 Å². The maximum Gasteiger partial charge on any atom is 0.290 e. The van der Waals surface area contributed by atoms with Gasteiger partial charge < -0.3 is 14.6 Å². The third kappa shape index (κ3) is 2.99. The topological polar surface area (TPSA) is 75.4 Å². The zero-order valence-electron chi connectivity index (χ0n) is 14.4. The molecular formula is C19H19N3O3S. The maximum atomic E-state index is 12.9. The maximum absolute atomic E-state index is 12.9. The Balaban J connectivity index is 1.60. The van der Waals surface area contributed by atoms with Crippen LogP contribution in [0.1, 0.15) is 30.3 Å². The third-order valence-electron chi connectivity index (χ3n) is 4.48. The lowest BCUT2D eigenvalue weighted by molar-refractivity contribution is -0.128. The second kappa shape index (κ2) is 6.92. The summed E-state index contributed by atoms with van der Waals surface area (Å²) in [6.45, 7) is 2.96. The van der Waals surface area contributed by atoms with Crippen LogP contribution < -0.4 is 5.32 Å². The minimum absolute atomic E-state index is 0.0931. The van der Waals surface area contributed by atoms with Crippen LogP contribution in [0, 0.1) is 0 Å². The highest BCUT2D eigenvalue weighted by Crippen LogP contribution is 2.31. The molecular weight excluding hydrogens is 350 g/mol. The van der Waals surface area contributed by atoms with Gasteiger partial charge in [0.2, 0.25) is 5.91 Å². The first kappa shape index (κ1) is 16.8. The first-order valence-electron chi connectivity index (χ1n) is 8.72. The summed E-state index contributed by atoms with van der Waals surface area (Å²) in [7, 11) is 0. The summed E-state index contributed by atoms with van der Waals surface area (Å²) in [5.74, 6) is 0.480. The van der Waals surface area contributed by atoms with E-state index in [1.54, 1.807) is 17.0 Å². The van der Waals surface area contributed by atoms with Crippen molar-refractivity contribution in [1.29, 1.82) is 0 Å². The third-order valence-corrected chi connectivity index (χ3v) is 5.53. The number of hydrogen-bond donors (Lipinski definition) is 1. The number of rotatable bonds is 4. The van der Waals surface area contributed by atoms with Gasteiger partial charge in [-0.2, -0.15) is 0 Å². The summed E-state index contributed by atoms with van der Waals surface area (Å²) in [6.07, 6.45) is 1.47. The minimum atomic E-state index is -0.433. The Labute approximate surface area is 154 Å². The standard InChI is InChI=1S/C19H19N3O3S/c1-2-5-13-17(23)20-10-11-22(13)19(24)15-9-8-14(25-15)18-21-12-6-3-4-7-16(12)26-18/h3-4,6-9,13H,2,5,10-11H2,1H3,(H,20,23)/t13-/m0/s1. The summed E-state index contributed by atoms with van der Waals surface area (Å²) < 4.78 is 6.87. The number of carbonyl (C=O) groups is 2. The number of para-hydroxylation sites is 1. The molecule has 0 bridgehead atoms. The molecule has 1 aliphatic rings. The predicted molar refractivity (Wildman–Crippen MR) is 100 cm³/mol. The molecule has 0 radical (unpaired) electrons. The molecule has 134 valence electrons. The molecule has 1 atom stereocenters. The number of benzene rings is 1. The number of thiazole rings is 1. The van der Waals surface area contributed by atoms with Crippen LogP contribution in [0.3, 0.4) is 0 Å². The van der Waals surface area contributed by atoms with E-state index in [9.17, 15) is 9.59 Å². The molecule has 2 aromatic heterocycles. The Hall–Kier alpha value is -2.67. The first-order valence-corrected chi connectivity index (χ1v) is 9.53. The largest absolute Gasteiger partial charge is 0.448 e. The monoisotopic (exact) mass is 369 g/mol. The van der Waals surface area contributed by atoms with Crippen molar-refractivity contribution in [2.75, 3.05) is 13.1 Å². The summed E-state index contributed by atoms with van der Waals surface area (Å²) in [5.41, 5.74) is 0.910. The predicted octanol–water partition coefficient (Wildman–Crippen LogP) is 3.30. The molecule has 6 nitrogen and oxygen atoms in total. The lowest BCUT2D eigenvalue weighted by Crippen LogP contribution is -2.57. The molecule has 0 aliphatic carbocycles. The van der Waals surface area contributed by atoms with Gasteiger partial charge in [-0.1, -0.05) is 25.5 Å². The van der Waals surface area contributed by atoms with Crippen LogP contribution >= 0.6 is 11.3 Å². The molecule has 0 saturated carbocycles. The molecule has 1 aliphatic heterocycles. The van der Waals surface area contributed by atoms with E-state index in [4.69, 9.17) is 4.42 Å². The number of fused-ring (bicyclic) bond motifs is 1. The number of amides is 2. The molecule has 1 N–H and O–H groups in total. The van der Waals surface area contributed by atoms with Crippen LogP contribution in [-0.2, 0) is 4.79 Å². The van der Waals surface area contributed by atoms with Crippen LogP contribution in [0.2, 0.25) is 0 Å².